The van der Waals surface area contributed by atoms with Gasteiger partial charge in [-0.3, -0.25) is 4.40 Å². The molecule has 1 N–H and O–H groups in total. The second-order valence-corrected chi connectivity index (χ2v) is 7.12. The third-order valence-electron chi connectivity index (χ3n) is 2.99. The number of hydrogen-bond acceptors (Lipinski definition) is 4. The summed E-state index contributed by atoms with van der Waals surface area (Å²) >= 11 is 0. The molecule has 0 unspecified atom stereocenters. The maximum atomic E-state index is 12.5. The Morgan fingerprint density at radius 1 is 1.24 bits per heavy atom. The lowest BCUT2D eigenvalue weighted by atomic mass is 10.2. The van der Waals surface area contributed by atoms with Crippen molar-refractivity contribution in [2.75, 3.05) is 7.11 Å². The molecule has 0 aliphatic heterocycles. The van der Waals surface area contributed by atoms with E-state index in [9.17, 15) is 8.42 Å². The Kier molecular flexibility index (Phi) is 4.25. The first-order valence-corrected chi connectivity index (χ1v) is 8.34. The summed E-state index contributed by atoms with van der Waals surface area (Å²) < 4.78 is 34.6. The van der Waals surface area contributed by atoms with Gasteiger partial charge in [0.2, 0.25) is 0 Å². The van der Waals surface area contributed by atoms with Crippen LogP contribution in [0.15, 0.2) is 23.2 Å². The van der Waals surface area contributed by atoms with Crippen molar-refractivity contribution in [1.29, 1.82) is 0 Å². The molecule has 2 aromatic heterocycles. The summed E-state index contributed by atoms with van der Waals surface area (Å²) in [6, 6.07) is 5.08. The third-order valence-corrected chi connectivity index (χ3v) is 4.58. The van der Waals surface area contributed by atoms with E-state index in [1.165, 1.54) is 0 Å². The average Bonchev–Trinajstić information content (AvgIpc) is 2.77. The second-order valence-electron chi connectivity index (χ2n) is 5.49. The summed E-state index contributed by atoms with van der Waals surface area (Å²) in [4.78, 5) is 4.35. The largest absolute Gasteiger partial charge is 0.482 e. The Morgan fingerprint density at radius 2 is 1.90 bits per heavy atom. The monoisotopic (exact) mass is 311 g/mol. The first-order valence-electron chi connectivity index (χ1n) is 6.85. The molecule has 0 atom stereocenters. The predicted molar refractivity (Wildman–Crippen MR) is 81.3 cm³/mol. The van der Waals surface area contributed by atoms with E-state index in [0.29, 0.717) is 17.2 Å². The zero-order valence-electron chi connectivity index (χ0n) is 12.9. The van der Waals surface area contributed by atoms with Gasteiger partial charge in [0.15, 0.2) is 10.9 Å². The topological polar surface area (TPSA) is 72.7 Å². The Morgan fingerprint density at radius 3 is 2.43 bits per heavy atom. The molecule has 0 bridgehead atoms. The van der Waals surface area contributed by atoms with Gasteiger partial charge in [-0.1, -0.05) is 19.9 Å². The van der Waals surface area contributed by atoms with Gasteiger partial charge >= 0.3 is 0 Å². The number of nitrogens with zero attached hydrogens (tertiary/aromatic N) is 2. The highest BCUT2D eigenvalue weighted by atomic mass is 32.2. The summed E-state index contributed by atoms with van der Waals surface area (Å²) in [5.74, 6) is 1.29. The fourth-order valence-electron chi connectivity index (χ4n) is 2.21. The summed E-state index contributed by atoms with van der Waals surface area (Å²) in [6.45, 7) is 7.49. The van der Waals surface area contributed by atoms with Crippen molar-refractivity contribution in [1.82, 2.24) is 14.1 Å². The summed E-state index contributed by atoms with van der Waals surface area (Å²) in [6.07, 6.45) is 0. The van der Waals surface area contributed by atoms with E-state index in [1.54, 1.807) is 43.6 Å². The van der Waals surface area contributed by atoms with Crippen molar-refractivity contribution in [2.45, 2.75) is 44.7 Å². The molecular formula is C14H21N3O3S. The van der Waals surface area contributed by atoms with E-state index < -0.39 is 10.0 Å². The van der Waals surface area contributed by atoms with Crippen LogP contribution < -0.4 is 9.46 Å². The van der Waals surface area contributed by atoms with Crippen LogP contribution in [-0.4, -0.2) is 31.0 Å². The molecule has 2 rings (SSSR count). The minimum absolute atomic E-state index is 0.0406. The molecule has 0 spiro atoms. The van der Waals surface area contributed by atoms with Gasteiger partial charge in [-0.15, -0.1) is 0 Å². The highest BCUT2D eigenvalue weighted by molar-refractivity contribution is 7.89. The van der Waals surface area contributed by atoms with Crippen LogP contribution in [-0.2, 0) is 10.0 Å². The Hall–Kier alpha value is -1.60. The van der Waals surface area contributed by atoms with E-state index in [4.69, 9.17) is 4.74 Å². The molecule has 116 valence electrons. The fourth-order valence-corrected chi connectivity index (χ4v) is 3.60. The molecule has 6 nitrogen and oxygen atoms in total. The van der Waals surface area contributed by atoms with Gasteiger partial charge in [0, 0.05) is 12.0 Å². The SMILES string of the molecule is COc1cccc2c(S(=O)(=O)NC(C)C)nc(C(C)C)n12. The van der Waals surface area contributed by atoms with Crippen molar-refractivity contribution in [3.05, 3.63) is 24.0 Å². The van der Waals surface area contributed by atoms with E-state index in [0.717, 1.165) is 0 Å². The zero-order valence-corrected chi connectivity index (χ0v) is 13.7. The molecule has 0 amide bonds. The lowest BCUT2D eigenvalue weighted by Gasteiger charge is -2.09. The molecule has 0 saturated carbocycles. The van der Waals surface area contributed by atoms with Crippen molar-refractivity contribution in [3.63, 3.8) is 0 Å². The lowest BCUT2D eigenvalue weighted by Crippen LogP contribution is -2.30. The minimum Gasteiger partial charge on any atom is -0.482 e. The van der Waals surface area contributed by atoms with Gasteiger partial charge in [-0.25, -0.2) is 18.1 Å². The van der Waals surface area contributed by atoms with Crippen LogP contribution in [0.3, 0.4) is 0 Å². The molecule has 0 fully saturated rings. The number of sulfonamides is 1. The van der Waals surface area contributed by atoms with Gasteiger partial charge in [-0.2, -0.15) is 0 Å². The summed E-state index contributed by atoms with van der Waals surface area (Å²) in [7, 11) is -2.11. The summed E-state index contributed by atoms with van der Waals surface area (Å²) in [5, 5.41) is 0.0406. The summed E-state index contributed by atoms with van der Waals surface area (Å²) in [5.41, 5.74) is 0.520. The molecule has 0 aromatic carbocycles. The Bertz CT molecular complexity index is 748. The number of nitrogens with one attached hydrogen (secondary N) is 1. The molecular weight excluding hydrogens is 290 g/mol. The highest BCUT2D eigenvalue weighted by Crippen LogP contribution is 2.27. The van der Waals surface area contributed by atoms with Crippen molar-refractivity contribution in [2.24, 2.45) is 0 Å². The van der Waals surface area contributed by atoms with Crippen LogP contribution in [0, 0.1) is 0 Å². The lowest BCUT2D eigenvalue weighted by molar-refractivity contribution is 0.389. The van der Waals surface area contributed by atoms with E-state index in [2.05, 4.69) is 9.71 Å². The fraction of sp³-hybridized carbons (Fsp3) is 0.500. The molecule has 0 aliphatic carbocycles. The van der Waals surface area contributed by atoms with Gasteiger partial charge in [0.1, 0.15) is 5.82 Å². The maximum absolute atomic E-state index is 12.5. The molecule has 7 heteroatoms. The maximum Gasteiger partial charge on any atom is 0.260 e. The average molecular weight is 311 g/mol. The van der Waals surface area contributed by atoms with Gasteiger partial charge in [0.25, 0.3) is 10.0 Å². The molecule has 21 heavy (non-hydrogen) atoms. The first kappa shape index (κ1) is 15.8. The molecule has 0 saturated heterocycles. The number of methoxy groups -OCH3 is 1. The Labute approximate surface area is 125 Å². The van der Waals surface area contributed by atoms with E-state index in [-0.39, 0.29) is 17.0 Å². The van der Waals surface area contributed by atoms with Gasteiger partial charge < -0.3 is 4.74 Å². The quantitative estimate of drug-likeness (QED) is 0.918. The van der Waals surface area contributed by atoms with Gasteiger partial charge in [0.05, 0.1) is 12.6 Å². The van der Waals surface area contributed by atoms with Crippen LogP contribution >= 0.6 is 0 Å². The van der Waals surface area contributed by atoms with Crippen molar-refractivity contribution >= 4 is 15.5 Å². The van der Waals surface area contributed by atoms with Crippen LogP contribution in [0.1, 0.15) is 39.4 Å². The van der Waals surface area contributed by atoms with Crippen LogP contribution in [0.5, 0.6) is 5.88 Å². The molecule has 0 radical (unpaired) electrons. The number of pyridine rings is 1. The number of aromatic nitrogens is 2. The predicted octanol–water partition coefficient (Wildman–Crippen LogP) is 2.15. The van der Waals surface area contributed by atoms with Crippen molar-refractivity contribution < 1.29 is 13.2 Å². The first-order chi connectivity index (χ1) is 9.77. The van der Waals surface area contributed by atoms with Crippen LogP contribution in [0.2, 0.25) is 0 Å². The Balaban J connectivity index is 2.78. The van der Waals surface area contributed by atoms with Crippen LogP contribution in [0.4, 0.5) is 0 Å². The molecule has 2 heterocycles. The van der Waals surface area contributed by atoms with Gasteiger partial charge in [-0.05, 0) is 26.0 Å². The normalized spacial score (nSPS) is 12.5. The number of ether oxygens (including phenoxy) is 1. The number of imidazole rings is 1. The molecule has 2 aromatic rings. The number of fused-ring (bicyclic) bond motifs is 1. The standard InChI is InChI=1S/C14H21N3O3S/c1-9(2)13-15-14(21(18,19)16-10(3)4)11-7-6-8-12(20-5)17(11)13/h6-10,16H,1-5H3. The van der Waals surface area contributed by atoms with Crippen LogP contribution in [0.25, 0.3) is 5.52 Å². The van der Waals surface area contributed by atoms with Crippen molar-refractivity contribution in [3.8, 4) is 5.88 Å². The van der Waals surface area contributed by atoms with E-state index in [1.807, 2.05) is 13.8 Å². The number of rotatable bonds is 5. The third kappa shape index (κ3) is 2.89. The smallest absolute Gasteiger partial charge is 0.260 e. The zero-order chi connectivity index (χ0) is 15.8. The molecule has 0 aliphatic rings. The number of hydrogen-bond donors (Lipinski definition) is 1. The highest BCUT2D eigenvalue weighted by Gasteiger charge is 2.26. The van der Waals surface area contributed by atoms with E-state index >= 15 is 0 Å². The second kappa shape index (κ2) is 5.65. The minimum atomic E-state index is -3.66.